The number of hydrogen-bond acceptors (Lipinski definition) is 5. The minimum atomic E-state index is -0.843. The van der Waals surface area contributed by atoms with E-state index in [0.717, 1.165) is 0 Å². The van der Waals surface area contributed by atoms with Gasteiger partial charge in [-0.1, -0.05) is 0 Å². The minimum Gasteiger partial charge on any atom is -0.481 e. The number of rotatable bonds is 3. The average molecular weight is 319 g/mol. The van der Waals surface area contributed by atoms with Crippen molar-refractivity contribution in [3.8, 4) is 0 Å². The van der Waals surface area contributed by atoms with Crippen LogP contribution in [0.15, 0.2) is 15.5 Å². The van der Waals surface area contributed by atoms with Crippen LogP contribution in [0.3, 0.4) is 0 Å². The zero-order valence-corrected chi connectivity index (χ0v) is 12.8. The molecule has 1 saturated carbocycles. The molecule has 8 nitrogen and oxygen atoms in total. The standard InChI is InChI=1S/C15H17N3O5/c1-7-10(11-13(23-7)16-6-18(2)14(11)20)12(19)17-9-4-3-8(5-9)15(21)22/h6,8-9H,3-5H2,1-2H3,(H,17,19)(H,21,22)/t8-,9+/m0/s1. The highest BCUT2D eigenvalue weighted by Crippen LogP contribution is 2.27. The molecule has 0 radical (unpaired) electrons. The lowest BCUT2D eigenvalue weighted by Crippen LogP contribution is -2.34. The van der Waals surface area contributed by atoms with Crippen LogP contribution in [0.4, 0.5) is 0 Å². The normalized spacial score (nSPS) is 20.8. The number of hydrogen-bond donors (Lipinski definition) is 2. The Hall–Kier alpha value is -2.64. The zero-order valence-electron chi connectivity index (χ0n) is 12.8. The number of aromatic nitrogens is 2. The van der Waals surface area contributed by atoms with Gasteiger partial charge in [-0.3, -0.25) is 14.4 Å². The third-order valence-corrected chi connectivity index (χ3v) is 4.29. The summed E-state index contributed by atoms with van der Waals surface area (Å²) in [6.07, 6.45) is 2.87. The maximum absolute atomic E-state index is 12.5. The summed E-state index contributed by atoms with van der Waals surface area (Å²) in [6.45, 7) is 1.60. The molecule has 1 fully saturated rings. The summed E-state index contributed by atoms with van der Waals surface area (Å²) in [5.41, 5.74) is -0.0510. The van der Waals surface area contributed by atoms with Gasteiger partial charge in [-0.25, -0.2) is 4.98 Å². The summed E-state index contributed by atoms with van der Waals surface area (Å²) in [5, 5.41) is 12.0. The van der Waals surface area contributed by atoms with Crippen molar-refractivity contribution in [2.45, 2.75) is 32.2 Å². The molecule has 23 heavy (non-hydrogen) atoms. The summed E-state index contributed by atoms with van der Waals surface area (Å²) in [4.78, 5) is 39.8. The van der Waals surface area contributed by atoms with Crippen LogP contribution in [-0.4, -0.2) is 32.6 Å². The number of carboxylic acids is 1. The average Bonchev–Trinajstić information content (AvgIpc) is 3.07. The lowest BCUT2D eigenvalue weighted by atomic mass is 10.1. The fourth-order valence-corrected chi connectivity index (χ4v) is 3.06. The molecular weight excluding hydrogens is 302 g/mol. The van der Waals surface area contributed by atoms with E-state index in [0.29, 0.717) is 25.0 Å². The first-order chi connectivity index (χ1) is 10.9. The fraction of sp³-hybridized carbons (Fsp3) is 0.467. The van der Waals surface area contributed by atoms with Crippen LogP contribution < -0.4 is 10.9 Å². The molecule has 2 aromatic rings. The molecule has 3 rings (SSSR count). The van der Waals surface area contributed by atoms with Gasteiger partial charge < -0.3 is 19.4 Å². The van der Waals surface area contributed by atoms with Crippen molar-refractivity contribution in [2.75, 3.05) is 0 Å². The number of nitrogens with one attached hydrogen (secondary N) is 1. The van der Waals surface area contributed by atoms with E-state index in [1.165, 1.54) is 10.9 Å². The van der Waals surface area contributed by atoms with E-state index in [4.69, 9.17) is 9.52 Å². The van der Waals surface area contributed by atoms with Crippen LogP contribution in [0.1, 0.15) is 35.4 Å². The molecule has 0 saturated heterocycles. The Morgan fingerprint density at radius 1 is 1.43 bits per heavy atom. The molecule has 0 bridgehead atoms. The summed E-state index contributed by atoms with van der Waals surface area (Å²) >= 11 is 0. The Labute approximate surface area is 131 Å². The van der Waals surface area contributed by atoms with Crippen molar-refractivity contribution in [1.29, 1.82) is 0 Å². The van der Waals surface area contributed by atoms with E-state index in [-0.39, 0.29) is 28.3 Å². The molecule has 2 aromatic heterocycles. The van der Waals surface area contributed by atoms with Gasteiger partial charge in [-0.2, -0.15) is 0 Å². The smallest absolute Gasteiger partial charge is 0.306 e. The summed E-state index contributed by atoms with van der Waals surface area (Å²) < 4.78 is 6.68. The van der Waals surface area contributed by atoms with E-state index < -0.39 is 17.8 Å². The van der Waals surface area contributed by atoms with Crippen molar-refractivity contribution >= 4 is 23.0 Å². The highest BCUT2D eigenvalue weighted by atomic mass is 16.4. The Kier molecular flexibility index (Phi) is 3.67. The maximum atomic E-state index is 12.5. The summed E-state index contributed by atoms with van der Waals surface area (Å²) in [6, 6.07) is -0.214. The largest absolute Gasteiger partial charge is 0.481 e. The molecule has 2 N–H and O–H groups in total. The highest BCUT2D eigenvalue weighted by Gasteiger charge is 2.32. The van der Waals surface area contributed by atoms with E-state index in [9.17, 15) is 14.4 Å². The van der Waals surface area contributed by atoms with Crippen LogP contribution >= 0.6 is 0 Å². The lowest BCUT2D eigenvalue weighted by Gasteiger charge is -2.12. The monoisotopic (exact) mass is 319 g/mol. The third kappa shape index (κ3) is 2.60. The van der Waals surface area contributed by atoms with Gasteiger partial charge in [0.25, 0.3) is 11.5 Å². The maximum Gasteiger partial charge on any atom is 0.306 e. The molecule has 122 valence electrons. The quantitative estimate of drug-likeness (QED) is 0.865. The number of carbonyl (C=O) groups is 2. The molecule has 0 aliphatic heterocycles. The lowest BCUT2D eigenvalue weighted by molar-refractivity contribution is -0.141. The molecule has 1 amide bonds. The van der Waals surface area contributed by atoms with Gasteiger partial charge in [0, 0.05) is 13.1 Å². The van der Waals surface area contributed by atoms with Gasteiger partial charge in [-0.05, 0) is 26.2 Å². The number of nitrogens with zero attached hydrogens (tertiary/aromatic N) is 2. The van der Waals surface area contributed by atoms with Crippen LogP contribution in [0, 0.1) is 12.8 Å². The molecule has 0 spiro atoms. The van der Waals surface area contributed by atoms with Crippen molar-refractivity contribution in [3.63, 3.8) is 0 Å². The third-order valence-electron chi connectivity index (χ3n) is 4.29. The van der Waals surface area contributed by atoms with Crippen molar-refractivity contribution in [2.24, 2.45) is 13.0 Å². The predicted octanol–water partition coefficient (Wildman–Crippen LogP) is 0.818. The molecule has 8 heteroatoms. The van der Waals surface area contributed by atoms with Gasteiger partial charge in [0.2, 0.25) is 5.71 Å². The first kappa shape index (κ1) is 15.3. The molecule has 0 unspecified atom stereocenters. The first-order valence-corrected chi connectivity index (χ1v) is 7.37. The number of fused-ring (bicyclic) bond motifs is 1. The Bertz CT molecular complexity index is 851. The predicted molar refractivity (Wildman–Crippen MR) is 80.2 cm³/mol. The topological polar surface area (TPSA) is 114 Å². The molecule has 1 aliphatic rings. The van der Waals surface area contributed by atoms with Gasteiger partial charge in [0.1, 0.15) is 17.5 Å². The molecule has 0 aromatic carbocycles. The molecule has 2 heterocycles. The number of amides is 1. The van der Waals surface area contributed by atoms with Crippen LogP contribution in [0.25, 0.3) is 11.1 Å². The number of carboxylic acid groups (broad SMARTS) is 1. The van der Waals surface area contributed by atoms with Crippen LogP contribution in [0.2, 0.25) is 0 Å². The molecular formula is C15H17N3O5. The van der Waals surface area contributed by atoms with Gasteiger partial charge >= 0.3 is 5.97 Å². The summed E-state index contributed by atoms with van der Waals surface area (Å²) in [7, 11) is 1.55. The zero-order chi connectivity index (χ0) is 16.7. The second-order valence-corrected chi connectivity index (χ2v) is 5.89. The Morgan fingerprint density at radius 2 is 2.17 bits per heavy atom. The van der Waals surface area contributed by atoms with Crippen molar-refractivity contribution in [1.82, 2.24) is 14.9 Å². The number of furan rings is 1. The van der Waals surface area contributed by atoms with Gasteiger partial charge in [0.15, 0.2) is 0 Å². The Balaban J connectivity index is 1.90. The number of aryl methyl sites for hydroxylation is 2. The van der Waals surface area contributed by atoms with E-state index in [2.05, 4.69) is 10.3 Å². The first-order valence-electron chi connectivity index (χ1n) is 7.37. The van der Waals surface area contributed by atoms with E-state index in [1.54, 1.807) is 14.0 Å². The van der Waals surface area contributed by atoms with Crippen molar-refractivity contribution < 1.29 is 19.1 Å². The van der Waals surface area contributed by atoms with Crippen molar-refractivity contribution in [3.05, 3.63) is 28.0 Å². The second kappa shape index (κ2) is 5.53. The van der Waals surface area contributed by atoms with Gasteiger partial charge in [0.05, 0.1) is 11.5 Å². The fourth-order valence-electron chi connectivity index (χ4n) is 3.06. The van der Waals surface area contributed by atoms with Crippen LogP contribution in [0.5, 0.6) is 0 Å². The van der Waals surface area contributed by atoms with Gasteiger partial charge in [-0.15, -0.1) is 0 Å². The number of carbonyl (C=O) groups excluding carboxylic acids is 1. The molecule has 2 atom stereocenters. The van der Waals surface area contributed by atoms with E-state index in [1.807, 2.05) is 0 Å². The molecule has 1 aliphatic carbocycles. The minimum absolute atomic E-state index is 0.130. The second-order valence-electron chi connectivity index (χ2n) is 5.89. The SMILES string of the molecule is Cc1oc2ncn(C)c(=O)c2c1C(=O)N[C@@H]1CC[C@H](C(=O)O)C1. The van der Waals surface area contributed by atoms with Crippen LogP contribution in [-0.2, 0) is 11.8 Å². The Morgan fingerprint density at radius 3 is 2.83 bits per heavy atom. The summed E-state index contributed by atoms with van der Waals surface area (Å²) in [5.74, 6) is -1.38. The van der Waals surface area contributed by atoms with E-state index >= 15 is 0 Å². The highest BCUT2D eigenvalue weighted by molar-refractivity contribution is 6.06. The number of aliphatic carboxylic acids is 1.